The van der Waals surface area contributed by atoms with E-state index in [2.05, 4.69) is 34.7 Å². The van der Waals surface area contributed by atoms with Gasteiger partial charge in [-0.3, -0.25) is 4.79 Å². The lowest BCUT2D eigenvalue weighted by molar-refractivity contribution is -0.114. The summed E-state index contributed by atoms with van der Waals surface area (Å²) in [5, 5.41) is 5.95. The maximum absolute atomic E-state index is 11.1. The predicted molar refractivity (Wildman–Crippen MR) is 80.4 cm³/mol. The molecule has 0 aliphatic carbocycles. The Morgan fingerprint density at radius 1 is 1.25 bits per heavy atom. The van der Waals surface area contributed by atoms with Gasteiger partial charge < -0.3 is 16.4 Å². The van der Waals surface area contributed by atoms with Gasteiger partial charge in [-0.2, -0.15) is 0 Å². The second kappa shape index (κ2) is 6.68. The normalized spacial score (nSPS) is 11.7. The number of rotatable bonds is 5. The van der Waals surface area contributed by atoms with Crippen LogP contribution in [0.3, 0.4) is 0 Å². The Morgan fingerprint density at radius 2 is 2.00 bits per heavy atom. The molecule has 0 spiro atoms. The van der Waals surface area contributed by atoms with E-state index in [-0.39, 0.29) is 18.5 Å². The molecule has 0 saturated carbocycles. The zero-order chi connectivity index (χ0) is 14.4. The number of amides is 1. The van der Waals surface area contributed by atoms with Crippen LogP contribution in [0.4, 0.5) is 11.5 Å². The number of hydrogen-bond donors (Lipinski definition) is 3. The van der Waals surface area contributed by atoms with Gasteiger partial charge >= 0.3 is 0 Å². The van der Waals surface area contributed by atoms with Crippen LogP contribution in [0.1, 0.15) is 18.5 Å². The van der Waals surface area contributed by atoms with Crippen LogP contribution in [-0.2, 0) is 4.79 Å². The molecular weight excluding hydrogens is 252 g/mol. The maximum Gasteiger partial charge on any atom is 0.238 e. The summed E-state index contributed by atoms with van der Waals surface area (Å²) in [5.74, 6) is 0.525. The number of anilines is 2. The highest BCUT2D eigenvalue weighted by molar-refractivity contribution is 5.91. The van der Waals surface area contributed by atoms with Crippen LogP contribution in [0.2, 0.25) is 0 Å². The number of carbonyl (C=O) groups excluding carboxylic acids is 1. The van der Waals surface area contributed by atoms with Crippen molar-refractivity contribution in [2.75, 3.05) is 17.2 Å². The molecule has 4 N–H and O–H groups in total. The number of nitrogens with one attached hydrogen (secondary N) is 2. The van der Waals surface area contributed by atoms with Crippen molar-refractivity contribution in [1.82, 2.24) is 4.98 Å². The minimum atomic E-state index is -0.231. The average Bonchev–Trinajstić information content (AvgIpc) is 2.50. The van der Waals surface area contributed by atoms with E-state index in [1.54, 1.807) is 12.3 Å². The molecule has 1 heterocycles. The fourth-order valence-electron chi connectivity index (χ4n) is 1.81. The van der Waals surface area contributed by atoms with Crippen molar-refractivity contribution in [2.24, 2.45) is 5.73 Å². The van der Waals surface area contributed by atoms with E-state index in [1.807, 2.05) is 24.3 Å². The first-order valence-corrected chi connectivity index (χ1v) is 6.46. The first-order valence-electron chi connectivity index (χ1n) is 6.46. The molecule has 0 bridgehead atoms. The number of aromatic nitrogens is 1. The summed E-state index contributed by atoms with van der Waals surface area (Å²) in [6.45, 7) is 2.03. The number of hydrogen-bond acceptors (Lipinski definition) is 4. The van der Waals surface area contributed by atoms with Gasteiger partial charge in [0.2, 0.25) is 5.91 Å². The van der Waals surface area contributed by atoms with Crippen molar-refractivity contribution in [2.45, 2.75) is 13.0 Å². The highest BCUT2D eigenvalue weighted by Gasteiger charge is 2.05. The second-order valence-electron chi connectivity index (χ2n) is 4.46. The van der Waals surface area contributed by atoms with Crippen LogP contribution >= 0.6 is 0 Å². The van der Waals surface area contributed by atoms with Crippen molar-refractivity contribution in [3.63, 3.8) is 0 Å². The van der Waals surface area contributed by atoms with Crippen LogP contribution in [-0.4, -0.2) is 17.4 Å². The van der Waals surface area contributed by atoms with Crippen LogP contribution in [0, 0.1) is 0 Å². The summed E-state index contributed by atoms with van der Waals surface area (Å²) in [7, 11) is 0. The number of benzene rings is 1. The molecule has 20 heavy (non-hydrogen) atoms. The molecular formula is C15H18N4O. The van der Waals surface area contributed by atoms with Crippen LogP contribution in [0.15, 0.2) is 48.7 Å². The Hall–Kier alpha value is -2.40. The number of nitrogens with zero attached hydrogens (tertiary/aromatic N) is 1. The molecule has 1 atom stereocenters. The largest absolute Gasteiger partial charge is 0.364 e. The van der Waals surface area contributed by atoms with Gasteiger partial charge in [0.05, 0.1) is 18.4 Å². The fourth-order valence-corrected chi connectivity index (χ4v) is 1.81. The number of pyridine rings is 1. The first-order chi connectivity index (χ1) is 9.69. The molecule has 5 heteroatoms. The minimum Gasteiger partial charge on any atom is -0.364 e. The van der Waals surface area contributed by atoms with Crippen molar-refractivity contribution in [1.29, 1.82) is 0 Å². The van der Waals surface area contributed by atoms with Gasteiger partial charge in [0.25, 0.3) is 0 Å². The maximum atomic E-state index is 11.1. The zero-order valence-electron chi connectivity index (χ0n) is 11.3. The van der Waals surface area contributed by atoms with Gasteiger partial charge in [0.1, 0.15) is 5.82 Å². The van der Waals surface area contributed by atoms with Crippen LogP contribution < -0.4 is 16.4 Å². The Labute approximate surface area is 118 Å². The highest BCUT2D eigenvalue weighted by atomic mass is 16.1. The third-order valence-corrected chi connectivity index (χ3v) is 2.90. The predicted octanol–water partition coefficient (Wildman–Crippen LogP) is 2.15. The number of carbonyl (C=O) groups is 1. The quantitative estimate of drug-likeness (QED) is 0.777. The molecule has 0 aliphatic heterocycles. The van der Waals surface area contributed by atoms with Crippen molar-refractivity contribution in [3.05, 3.63) is 54.2 Å². The summed E-state index contributed by atoms with van der Waals surface area (Å²) in [6.07, 6.45) is 1.60. The zero-order valence-corrected chi connectivity index (χ0v) is 11.3. The molecule has 1 aromatic heterocycles. The molecule has 104 valence electrons. The summed E-state index contributed by atoms with van der Waals surface area (Å²) >= 11 is 0. The van der Waals surface area contributed by atoms with E-state index < -0.39 is 0 Å². The lowest BCUT2D eigenvalue weighted by Crippen LogP contribution is -2.21. The lowest BCUT2D eigenvalue weighted by Gasteiger charge is -2.15. The molecule has 2 rings (SSSR count). The van der Waals surface area contributed by atoms with E-state index >= 15 is 0 Å². The smallest absolute Gasteiger partial charge is 0.238 e. The van der Waals surface area contributed by atoms with E-state index in [4.69, 9.17) is 5.73 Å². The van der Waals surface area contributed by atoms with Crippen molar-refractivity contribution >= 4 is 17.4 Å². The van der Waals surface area contributed by atoms with Crippen molar-refractivity contribution < 1.29 is 4.79 Å². The first kappa shape index (κ1) is 14.0. The fraction of sp³-hybridized carbons (Fsp3) is 0.200. The molecule has 0 radical (unpaired) electrons. The van der Waals surface area contributed by atoms with Gasteiger partial charge in [-0.25, -0.2) is 4.98 Å². The Bertz CT molecular complexity index is 554. The summed E-state index contributed by atoms with van der Waals surface area (Å²) in [5.41, 5.74) is 7.06. The average molecular weight is 270 g/mol. The molecule has 1 aromatic carbocycles. The third-order valence-electron chi connectivity index (χ3n) is 2.90. The summed E-state index contributed by atoms with van der Waals surface area (Å²) < 4.78 is 0. The van der Waals surface area contributed by atoms with Gasteiger partial charge in [0.15, 0.2) is 0 Å². The van der Waals surface area contributed by atoms with E-state index in [9.17, 15) is 4.79 Å². The van der Waals surface area contributed by atoms with Gasteiger partial charge in [-0.05, 0) is 24.6 Å². The lowest BCUT2D eigenvalue weighted by atomic mass is 10.1. The number of nitrogens with two attached hydrogens (primary N) is 1. The Balaban J connectivity index is 1.98. The van der Waals surface area contributed by atoms with E-state index in [1.165, 1.54) is 5.56 Å². The summed E-state index contributed by atoms with van der Waals surface area (Å²) in [6, 6.07) is 13.9. The topological polar surface area (TPSA) is 80.0 Å². The van der Waals surface area contributed by atoms with Gasteiger partial charge in [-0.15, -0.1) is 0 Å². The molecule has 1 amide bonds. The molecule has 0 saturated heterocycles. The Kier molecular flexibility index (Phi) is 4.68. The standard InChI is InChI=1S/C15H18N4O/c1-11(12-5-3-2-4-6-12)18-14-8-7-13(10-17-14)19-15(20)9-16/h2-8,10-11H,9,16H2,1H3,(H,17,18)(H,19,20). The molecule has 2 aromatic rings. The second-order valence-corrected chi connectivity index (χ2v) is 4.46. The van der Waals surface area contributed by atoms with Crippen LogP contribution in [0.25, 0.3) is 0 Å². The highest BCUT2D eigenvalue weighted by Crippen LogP contribution is 2.18. The summed E-state index contributed by atoms with van der Waals surface area (Å²) in [4.78, 5) is 15.4. The molecule has 0 aliphatic rings. The van der Waals surface area contributed by atoms with Crippen molar-refractivity contribution in [3.8, 4) is 0 Å². The molecule has 1 unspecified atom stereocenters. The minimum absolute atomic E-state index is 0.0367. The SMILES string of the molecule is CC(Nc1ccc(NC(=O)CN)cn1)c1ccccc1. The van der Waals surface area contributed by atoms with Gasteiger partial charge in [0, 0.05) is 6.04 Å². The molecule has 5 nitrogen and oxygen atoms in total. The Morgan fingerprint density at radius 3 is 2.60 bits per heavy atom. The van der Waals surface area contributed by atoms with E-state index in [0.717, 1.165) is 5.82 Å². The van der Waals surface area contributed by atoms with Crippen LogP contribution in [0.5, 0.6) is 0 Å². The molecule has 0 fully saturated rings. The third kappa shape index (κ3) is 3.80. The monoisotopic (exact) mass is 270 g/mol. The van der Waals surface area contributed by atoms with E-state index in [0.29, 0.717) is 5.69 Å². The van der Waals surface area contributed by atoms with Gasteiger partial charge in [-0.1, -0.05) is 30.3 Å².